The Morgan fingerprint density at radius 2 is 1.88 bits per heavy atom. The SMILES string of the molecule is O=C(O)c1ccc2nc(Cc3cc(F)c(-c4ncc(F)c(OCc5ccc(Cl)cn5)n4)cc3F)n(C[C@@H]3CCO3)c2n1. The van der Waals surface area contributed by atoms with Gasteiger partial charge in [-0.3, -0.25) is 4.98 Å². The molecule has 214 valence electrons. The number of carboxylic acids is 1. The van der Waals surface area contributed by atoms with Crippen molar-refractivity contribution in [3.8, 4) is 17.3 Å². The number of aromatic carboxylic acids is 1. The number of halogens is 4. The van der Waals surface area contributed by atoms with E-state index in [9.17, 15) is 14.3 Å². The van der Waals surface area contributed by atoms with Crippen molar-refractivity contribution >= 4 is 28.7 Å². The zero-order valence-electron chi connectivity index (χ0n) is 21.6. The van der Waals surface area contributed by atoms with E-state index in [1.54, 1.807) is 16.7 Å². The molecule has 6 rings (SSSR count). The molecule has 0 saturated carbocycles. The highest BCUT2D eigenvalue weighted by molar-refractivity contribution is 6.30. The molecule has 0 aliphatic carbocycles. The molecule has 1 aliphatic heterocycles. The van der Waals surface area contributed by atoms with Gasteiger partial charge in [-0.25, -0.2) is 28.5 Å². The zero-order chi connectivity index (χ0) is 29.4. The number of ether oxygens (including phenoxy) is 2. The molecule has 0 unspecified atom stereocenters. The van der Waals surface area contributed by atoms with E-state index < -0.39 is 29.3 Å². The van der Waals surface area contributed by atoms with E-state index in [0.29, 0.717) is 40.9 Å². The summed E-state index contributed by atoms with van der Waals surface area (Å²) < 4.78 is 57.6. The molecule has 10 nitrogen and oxygen atoms in total. The van der Waals surface area contributed by atoms with Crippen LogP contribution >= 0.6 is 11.6 Å². The highest BCUT2D eigenvalue weighted by Crippen LogP contribution is 2.28. The minimum Gasteiger partial charge on any atom is -0.477 e. The third-order valence-electron chi connectivity index (χ3n) is 6.65. The second kappa shape index (κ2) is 11.3. The Balaban J connectivity index is 1.29. The maximum absolute atomic E-state index is 15.4. The number of benzene rings is 1. The Hall–Kier alpha value is -4.62. The maximum Gasteiger partial charge on any atom is 0.354 e. The molecule has 0 amide bonds. The zero-order valence-corrected chi connectivity index (χ0v) is 22.4. The summed E-state index contributed by atoms with van der Waals surface area (Å²) in [6.45, 7) is 0.774. The Bertz CT molecular complexity index is 1810. The summed E-state index contributed by atoms with van der Waals surface area (Å²) in [5.41, 5.74) is 0.679. The van der Waals surface area contributed by atoms with Crippen molar-refractivity contribution < 1.29 is 32.5 Å². The fourth-order valence-corrected chi connectivity index (χ4v) is 4.52. The van der Waals surface area contributed by atoms with Gasteiger partial charge in [-0.05, 0) is 48.4 Å². The lowest BCUT2D eigenvalue weighted by Gasteiger charge is -2.27. The summed E-state index contributed by atoms with van der Waals surface area (Å²) in [7, 11) is 0. The van der Waals surface area contributed by atoms with Crippen molar-refractivity contribution in [1.29, 1.82) is 0 Å². The molecule has 5 heterocycles. The first-order chi connectivity index (χ1) is 20.2. The molecule has 1 saturated heterocycles. The molecule has 1 aliphatic rings. The molecule has 42 heavy (non-hydrogen) atoms. The normalized spacial score (nSPS) is 14.6. The average molecular weight is 597 g/mol. The van der Waals surface area contributed by atoms with Crippen LogP contribution in [0.1, 0.15) is 34.0 Å². The molecule has 1 aromatic carbocycles. The highest BCUT2D eigenvalue weighted by Gasteiger charge is 2.24. The Morgan fingerprint density at radius 1 is 1.05 bits per heavy atom. The van der Waals surface area contributed by atoms with Gasteiger partial charge >= 0.3 is 5.97 Å². The fraction of sp³-hybridized carbons (Fsp3) is 0.214. The first kappa shape index (κ1) is 27.5. The number of hydrogen-bond acceptors (Lipinski definition) is 8. The second-order valence-corrected chi connectivity index (χ2v) is 9.90. The third kappa shape index (κ3) is 5.60. The van der Waals surface area contributed by atoms with Crippen LogP contribution in [0.2, 0.25) is 5.02 Å². The molecule has 0 spiro atoms. The molecular formula is C28H20ClF3N6O4. The van der Waals surface area contributed by atoms with E-state index in [1.807, 2.05) is 0 Å². The monoisotopic (exact) mass is 596 g/mol. The molecule has 5 aromatic rings. The van der Waals surface area contributed by atoms with E-state index >= 15 is 8.78 Å². The van der Waals surface area contributed by atoms with Gasteiger partial charge in [-0.2, -0.15) is 9.37 Å². The first-order valence-electron chi connectivity index (χ1n) is 12.7. The van der Waals surface area contributed by atoms with Gasteiger partial charge in [-0.1, -0.05) is 11.6 Å². The highest BCUT2D eigenvalue weighted by atomic mass is 35.5. The van der Waals surface area contributed by atoms with Crippen LogP contribution in [0.4, 0.5) is 13.2 Å². The number of nitrogens with zero attached hydrogens (tertiary/aromatic N) is 6. The summed E-state index contributed by atoms with van der Waals surface area (Å²) in [6, 6.07) is 7.94. The van der Waals surface area contributed by atoms with Crippen LogP contribution in [0, 0.1) is 17.5 Å². The molecule has 4 aromatic heterocycles. The summed E-state index contributed by atoms with van der Waals surface area (Å²) >= 11 is 5.81. The van der Waals surface area contributed by atoms with Crippen molar-refractivity contribution in [2.75, 3.05) is 6.61 Å². The fourth-order valence-electron chi connectivity index (χ4n) is 4.41. The van der Waals surface area contributed by atoms with E-state index in [-0.39, 0.29) is 41.8 Å². The Morgan fingerprint density at radius 3 is 2.60 bits per heavy atom. The van der Waals surface area contributed by atoms with Crippen LogP contribution in [-0.2, 0) is 24.3 Å². The van der Waals surface area contributed by atoms with Gasteiger partial charge in [0.25, 0.3) is 5.88 Å². The lowest BCUT2D eigenvalue weighted by atomic mass is 10.1. The predicted octanol–water partition coefficient (Wildman–Crippen LogP) is 5.01. The van der Waals surface area contributed by atoms with Gasteiger partial charge < -0.3 is 19.1 Å². The number of aromatic nitrogens is 6. The topological polar surface area (TPSA) is 125 Å². The number of fused-ring (bicyclic) bond motifs is 1. The van der Waals surface area contributed by atoms with Gasteiger partial charge in [0, 0.05) is 19.2 Å². The van der Waals surface area contributed by atoms with Crippen LogP contribution in [0.5, 0.6) is 5.88 Å². The van der Waals surface area contributed by atoms with E-state index in [0.717, 1.165) is 24.8 Å². The second-order valence-electron chi connectivity index (χ2n) is 9.47. The summed E-state index contributed by atoms with van der Waals surface area (Å²) in [4.78, 5) is 32.0. The Labute approximate surface area is 240 Å². The largest absolute Gasteiger partial charge is 0.477 e. The molecule has 0 bridgehead atoms. The lowest BCUT2D eigenvalue weighted by Crippen LogP contribution is -2.32. The number of carbonyl (C=O) groups is 1. The number of hydrogen-bond donors (Lipinski definition) is 1. The summed E-state index contributed by atoms with van der Waals surface area (Å²) in [5, 5.41) is 9.79. The standard InChI is InChI=1S/C28H20ClF3N6O4/c29-15-1-2-16(33-10-15)13-42-27-21(32)11-34-25(37-27)18-9-19(30)14(7-20(18)31)8-24-35-22-3-4-23(28(39)40)36-26(22)38(24)12-17-5-6-41-17/h1-4,7,9-11,17H,5-6,8,12-13H2,(H,39,40)/t17-/m0/s1. The quantitative estimate of drug-likeness (QED) is 0.250. The van der Waals surface area contributed by atoms with Crippen LogP contribution < -0.4 is 4.74 Å². The molecule has 1 atom stereocenters. The minimum absolute atomic E-state index is 0.0202. The predicted molar refractivity (Wildman–Crippen MR) is 143 cm³/mol. The maximum atomic E-state index is 15.4. The van der Waals surface area contributed by atoms with Crippen LogP contribution in [-0.4, -0.2) is 53.3 Å². The van der Waals surface area contributed by atoms with Gasteiger partial charge in [-0.15, -0.1) is 0 Å². The van der Waals surface area contributed by atoms with Crippen molar-refractivity contribution in [2.45, 2.75) is 32.1 Å². The summed E-state index contributed by atoms with van der Waals surface area (Å²) in [5.74, 6) is -4.10. The molecule has 14 heteroatoms. The molecule has 1 N–H and O–H groups in total. The van der Waals surface area contributed by atoms with Gasteiger partial charge in [0.05, 0.1) is 35.1 Å². The van der Waals surface area contributed by atoms with E-state index in [2.05, 4.69) is 24.9 Å². The smallest absolute Gasteiger partial charge is 0.354 e. The number of imidazole rings is 1. The van der Waals surface area contributed by atoms with Crippen molar-refractivity contribution in [3.63, 3.8) is 0 Å². The van der Waals surface area contributed by atoms with E-state index in [4.69, 9.17) is 21.1 Å². The Kier molecular flexibility index (Phi) is 7.43. The van der Waals surface area contributed by atoms with Gasteiger partial charge in [0.1, 0.15) is 29.6 Å². The van der Waals surface area contributed by atoms with Crippen molar-refractivity contribution in [1.82, 2.24) is 29.5 Å². The minimum atomic E-state index is -1.20. The first-order valence-corrected chi connectivity index (χ1v) is 13.1. The number of rotatable bonds is 9. The summed E-state index contributed by atoms with van der Waals surface area (Å²) in [6.07, 6.45) is 2.74. The average Bonchev–Trinajstić information content (AvgIpc) is 3.29. The number of carboxylic acid groups (broad SMARTS) is 1. The van der Waals surface area contributed by atoms with Crippen molar-refractivity contribution in [3.05, 3.63) is 94.0 Å². The van der Waals surface area contributed by atoms with Crippen LogP contribution in [0.15, 0.2) is 48.8 Å². The molecule has 1 fully saturated rings. The van der Waals surface area contributed by atoms with Crippen LogP contribution in [0.25, 0.3) is 22.6 Å². The van der Waals surface area contributed by atoms with E-state index in [1.165, 1.54) is 18.3 Å². The lowest BCUT2D eigenvalue weighted by molar-refractivity contribution is -0.0590. The van der Waals surface area contributed by atoms with Gasteiger partial charge in [0.15, 0.2) is 17.2 Å². The third-order valence-corrected chi connectivity index (χ3v) is 6.88. The van der Waals surface area contributed by atoms with Crippen molar-refractivity contribution in [2.24, 2.45) is 0 Å². The van der Waals surface area contributed by atoms with Gasteiger partial charge in [0.2, 0.25) is 5.82 Å². The molecule has 0 radical (unpaired) electrons. The van der Waals surface area contributed by atoms with Crippen LogP contribution in [0.3, 0.4) is 0 Å². The number of pyridine rings is 2. The molecular weight excluding hydrogens is 577 g/mol.